The van der Waals surface area contributed by atoms with Gasteiger partial charge in [-0.3, -0.25) is 9.36 Å². The van der Waals surface area contributed by atoms with Crippen LogP contribution in [0.2, 0.25) is 20.1 Å². The summed E-state index contributed by atoms with van der Waals surface area (Å²) >= 11 is 26.0. The lowest BCUT2D eigenvalue weighted by Gasteiger charge is -2.23. The molecular formula is C22H10Cl4N4OS. The van der Waals surface area contributed by atoms with Gasteiger partial charge >= 0.3 is 0 Å². The number of nitrogens with two attached hydrogens (primary N) is 1. The van der Waals surface area contributed by atoms with Crippen molar-refractivity contribution in [3.05, 3.63) is 92.7 Å². The number of nitriles is 2. The Balaban J connectivity index is 2.10. The Labute approximate surface area is 206 Å². The van der Waals surface area contributed by atoms with E-state index >= 15 is 0 Å². The number of rotatable bonds is 2. The van der Waals surface area contributed by atoms with Gasteiger partial charge in [0.2, 0.25) is 0 Å². The Morgan fingerprint density at radius 3 is 2.25 bits per heavy atom. The van der Waals surface area contributed by atoms with E-state index in [1.807, 2.05) is 6.07 Å². The summed E-state index contributed by atoms with van der Waals surface area (Å²) in [5.41, 5.74) is 6.97. The molecule has 5 nitrogen and oxygen atoms in total. The first-order valence-electron chi connectivity index (χ1n) is 8.96. The molecule has 2 aromatic carbocycles. The van der Waals surface area contributed by atoms with Crippen molar-refractivity contribution in [3.63, 3.8) is 0 Å². The van der Waals surface area contributed by atoms with Gasteiger partial charge < -0.3 is 5.73 Å². The molecule has 158 valence electrons. The molecule has 1 aliphatic heterocycles. The smallest absolute Gasteiger partial charge is 0.274 e. The Bertz CT molecular complexity index is 1590. The van der Waals surface area contributed by atoms with Gasteiger partial charge in [-0.15, -0.1) is 11.3 Å². The van der Waals surface area contributed by atoms with Gasteiger partial charge in [-0.2, -0.15) is 10.5 Å². The van der Waals surface area contributed by atoms with Gasteiger partial charge in [0, 0.05) is 0 Å². The molecule has 0 amide bonds. The van der Waals surface area contributed by atoms with E-state index in [1.165, 1.54) is 4.57 Å². The Kier molecular flexibility index (Phi) is 6.09. The minimum absolute atomic E-state index is 0.0328. The maximum atomic E-state index is 13.2. The number of allylic oxidation sites excluding steroid dienone is 1. The third-order valence-corrected chi connectivity index (χ3v) is 7.72. The molecule has 1 atom stereocenters. The fraction of sp³-hybridized carbons (Fsp3) is 0.0455. The molecule has 4 rings (SSSR count). The highest BCUT2D eigenvalue weighted by Gasteiger charge is 2.33. The highest BCUT2D eigenvalue weighted by Crippen LogP contribution is 2.41. The molecule has 32 heavy (non-hydrogen) atoms. The third-order valence-electron chi connectivity index (χ3n) is 4.95. The number of fused-ring (bicyclic) bond motifs is 1. The van der Waals surface area contributed by atoms with Crippen LogP contribution in [0.4, 0.5) is 0 Å². The molecule has 0 saturated carbocycles. The van der Waals surface area contributed by atoms with Crippen LogP contribution in [0.1, 0.15) is 17.0 Å². The normalized spacial score (nSPS) is 16.0. The number of thiazole rings is 1. The van der Waals surface area contributed by atoms with Crippen molar-refractivity contribution in [1.29, 1.82) is 10.5 Å². The molecule has 2 heterocycles. The summed E-state index contributed by atoms with van der Waals surface area (Å²) in [6.07, 6.45) is 1.57. The first-order valence-corrected chi connectivity index (χ1v) is 11.3. The number of benzene rings is 2. The van der Waals surface area contributed by atoms with E-state index in [4.69, 9.17) is 52.1 Å². The molecule has 1 aliphatic rings. The quantitative estimate of drug-likeness (QED) is 0.540. The summed E-state index contributed by atoms with van der Waals surface area (Å²) in [5.74, 6) is -0.933. The molecule has 1 aromatic heterocycles. The van der Waals surface area contributed by atoms with Crippen LogP contribution in [0.3, 0.4) is 0 Å². The van der Waals surface area contributed by atoms with Crippen molar-refractivity contribution in [3.8, 4) is 12.1 Å². The predicted molar refractivity (Wildman–Crippen MR) is 129 cm³/mol. The first kappa shape index (κ1) is 22.5. The van der Waals surface area contributed by atoms with Crippen LogP contribution in [0.5, 0.6) is 0 Å². The van der Waals surface area contributed by atoms with Gasteiger partial charge in [-0.05, 0) is 29.3 Å². The van der Waals surface area contributed by atoms with Crippen LogP contribution < -0.4 is 20.5 Å². The van der Waals surface area contributed by atoms with Crippen molar-refractivity contribution in [2.75, 3.05) is 0 Å². The predicted octanol–water partition coefficient (Wildman–Crippen LogP) is 4.47. The van der Waals surface area contributed by atoms with Crippen molar-refractivity contribution in [1.82, 2.24) is 4.57 Å². The summed E-state index contributed by atoms with van der Waals surface area (Å²) in [6, 6.07) is 14.1. The average Bonchev–Trinajstić information content (AvgIpc) is 3.09. The van der Waals surface area contributed by atoms with Gasteiger partial charge in [0.1, 0.15) is 10.5 Å². The van der Waals surface area contributed by atoms with Crippen molar-refractivity contribution in [2.45, 2.75) is 5.92 Å². The lowest BCUT2D eigenvalue weighted by Crippen LogP contribution is -2.38. The monoisotopic (exact) mass is 518 g/mol. The molecule has 1 unspecified atom stereocenters. The molecule has 10 heteroatoms. The molecule has 0 saturated heterocycles. The van der Waals surface area contributed by atoms with E-state index in [0.29, 0.717) is 25.8 Å². The van der Waals surface area contributed by atoms with Crippen LogP contribution in [-0.4, -0.2) is 4.57 Å². The first-order chi connectivity index (χ1) is 15.3. The summed E-state index contributed by atoms with van der Waals surface area (Å²) in [5, 5.41) is 21.0. The number of aromatic nitrogens is 1. The van der Waals surface area contributed by atoms with Crippen LogP contribution in [0.25, 0.3) is 17.5 Å². The standard InChI is InChI=1S/C22H10Cl4N4OS/c23-14-5-1-3-10(18(14)25)7-16-21(31)30-20(29)12(8-27)17(13(9-28)22(30)32-16)11-4-2-6-15(24)19(11)26/h1-7,17H,29H2/b16-7-. The number of hydrogen-bond acceptors (Lipinski definition) is 5. The van der Waals surface area contributed by atoms with E-state index in [9.17, 15) is 15.3 Å². The van der Waals surface area contributed by atoms with Gasteiger partial charge in [-0.1, -0.05) is 70.7 Å². The maximum absolute atomic E-state index is 13.2. The molecule has 0 spiro atoms. The number of halogens is 4. The highest BCUT2D eigenvalue weighted by molar-refractivity contribution is 7.07. The highest BCUT2D eigenvalue weighted by atomic mass is 35.5. The van der Waals surface area contributed by atoms with E-state index in [1.54, 1.807) is 42.5 Å². The third kappa shape index (κ3) is 3.51. The second kappa shape index (κ2) is 8.67. The zero-order valence-electron chi connectivity index (χ0n) is 15.9. The largest absolute Gasteiger partial charge is 0.384 e. The molecule has 2 N–H and O–H groups in total. The molecular weight excluding hydrogens is 510 g/mol. The van der Waals surface area contributed by atoms with Crippen molar-refractivity contribution in [2.24, 2.45) is 5.73 Å². The topological polar surface area (TPSA) is 95.6 Å². The van der Waals surface area contributed by atoms with Crippen LogP contribution in [-0.2, 0) is 0 Å². The van der Waals surface area contributed by atoms with Gasteiger partial charge in [-0.25, -0.2) is 0 Å². The summed E-state index contributed by atoms with van der Waals surface area (Å²) in [4.78, 5) is 13.2. The van der Waals surface area contributed by atoms with Gasteiger partial charge in [0.15, 0.2) is 0 Å². The Morgan fingerprint density at radius 1 is 0.969 bits per heavy atom. The minimum atomic E-state index is -0.864. The maximum Gasteiger partial charge on any atom is 0.274 e. The van der Waals surface area contributed by atoms with Crippen LogP contribution >= 0.6 is 57.7 Å². The SMILES string of the molecule is N#CC1=C(N)n2c(s/c(=C\c3cccc(Cl)c3Cl)c2=O)=C(C#N)C1c1cccc(Cl)c1Cl. The van der Waals surface area contributed by atoms with Gasteiger partial charge in [0.05, 0.1) is 53.8 Å². The number of hydrogen-bond donors (Lipinski definition) is 1. The Morgan fingerprint density at radius 2 is 1.59 bits per heavy atom. The van der Waals surface area contributed by atoms with Crippen LogP contribution in [0.15, 0.2) is 46.8 Å². The molecule has 0 radical (unpaired) electrons. The molecule has 0 fully saturated rings. The lowest BCUT2D eigenvalue weighted by atomic mass is 9.84. The minimum Gasteiger partial charge on any atom is -0.384 e. The summed E-state index contributed by atoms with van der Waals surface area (Å²) in [7, 11) is 0. The lowest BCUT2D eigenvalue weighted by molar-refractivity contribution is 0.906. The second-order valence-corrected chi connectivity index (χ2v) is 9.31. The summed E-state index contributed by atoms with van der Waals surface area (Å²) in [6.45, 7) is 0. The fourth-order valence-electron chi connectivity index (χ4n) is 3.48. The molecule has 3 aromatic rings. The second-order valence-electron chi connectivity index (χ2n) is 6.71. The van der Waals surface area contributed by atoms with Crippen molar-refractivity contribution >= 4 is 75.2 Å². The van der Waals surface area contributed by atoms with Crippen molar-refractivity contribution < 1.29 is 0 Å². The van der Waals surface area contributed by atoms with Crippen LogP contribution in [0, 0.1) is 22.7 Å². The zero-order chi connectivity index (χ0) is 23.2. The van der Waals surface area contributed by atoms with E-state index in [0.717, 1.165) is 11.3 Å². The van der Waals surface area contributed by atoms with Gasteiger partial charge in [0.25, 0.3) is 5.56 Å². The van der Waals surface area contributed by atoms with E-state index in [2.05, 4.69) is 6.07 Å². The summed E-state index contributed by atoms with van der Waals surface area (Å²) < 4.78 is 1.75. The molecule has 0 aliphatic carbocycles. The fourth-order valence-corrected chi connectivity index (χ4v) is 5.38. The molecule has 0 bridgehead atoms. The van der Waals surface area contributed by atoms with E-state index < -0.39 is 11.5 Å². The average molecular weight is 520 g/mol. The van der Waals surface area contributed by atoms with E-state index in [-0.39, 0.29) is 31.5 Å². The number of nitrogens with zero attached hydrogens (tertiary/aromatic N) is 3. The zero-order valence-corrected chi connectivity index (χ0v) is 19.7. The Hall–Kier alpha value is -2.71.